The number of hydrogen-bond acceptors (Lipinski definition) is 18. The number of nitrogens with zero attached hydrogens (tertiary/aromatic N) is 8. The van der Waals surface area contributed by atoms with E-state index in [0.717, 1.165) is 20.2 Å². The van der Waals surface area contributed by atoms with Gasteiger partial charge in [-0.05, 0) is 0 Å². The van der Waals surface area contributed by atoms with Crippen molar-refractivity contribution in [1.82, 2.24) is 39.0 Å². The number of rotatable bonds is 12. The lowest BCUT2D eigenvalue weighted by molar-refractivity contribution is -0.154. The molecule has 0 aromatic carbocycles. The summed E-state index contributed by atoms with van der Waals surface area (Å²) in [6.07, 6.45) is -6.46. The number of fused-ring (bicyclic) bond motifs is 2. The van der Waals surface area contributed by atoms with Gasteiger partial charge < -0.3 is 43.9 Å². The minimum atomic E-state index is -4.87. The number of ether oxygens (including phenoxy) is 4. The third kappa shape index (κ3) is 10.8. The first-order chi connectivity index (χ1) is 27.1. The van der Waals surface area contributed by atoms with E-state index in [1.54, 1.807) is 0 Å². The van der Waals surface area contributed by atoms with E-state index in [2.05, 4.69) is 45.1 Å². The maximum atomic E-state index is 15.0. The summed E-state index contributed by atoms with van der Waals surface area (Å²) in [5.41, 5.74) is 0.832. The van der Waals surface area contributed by atoms with Crippen molar-refractivity contribution in [3.63, 3.8) is 0 Å². The summed E-state index contributed by atoms with van der Waals surface area (Å²) in [4.78, 5) is 87.6. The Morgan fingerprint density at radius 2 is 1.10 bits per heavy atom. The van der Waals surface area contributed by atoms with Crippen LogP contribution < -0.4 is 10.6 Å². The second-order valence-electron chi connectivity index (χ2n) is 13.0. The predicted molar refractivity (Wildman–Crippen MR) is 191 cm³/mol. The lowest BCUT2D eigenvalue weighted by atomic mass is 10.1. The molecule has 0 radical (unpaired) electrons. The summed E-state index contributed by atoms with van der Waals surface area (Å²) in [5.74, 6) is -1.94. The Morgan fingerprint density at radius 1 is 0.707 bits per heavy atom. The zero-order chi connectivity index (χ0) is 42.7. The molecule has 2 saturated heterocycles. The molecule has 8 atom stereocenters. The van der Waals surface area contributed by atoms with E-state index in [0.29, 0.717) is 0 Å². The number of anilines is 2. The van der Waals surface area contributed by atoms with E-state index in [-0.39, 0.29) is 46.5 Å². The van der Waals surface area contributed by atoms with E-state index >= 15 is 0 Å². The van der Waals surface area contributed by atoms with Gasteiger partial charge in [-0.15, -0.1) is 0 Å². The van der Waals surface area contributed by atoms with Gasteiger partial charge in [0.2, 0.25) is 11.8 Å². The monoisotopic (exact) mass is 862 g/mol. The maximum absolute atomic E-state index is 15.0. The van der Waals surface area contributed by atoms with Crippen LogP contribution in [0.2, 0.25) is 0 Å². The zero-order valence-electron chi connectivity index (χ0n) is 31.4. The molecular formula is C30H38F2N10O14P2. The number of phosphoric ester groups is 1. The summed E-state index contributed by atoms with van der Waals surface area (Å²) >= 11 is 0. The number of halogens is 2. The minimum absolute atomic E-state index is 0.112. The van der Waals surface area contributed by atoms with E-state index in [1.165, 1.54) is 55.3 Å². The average molecular weight is 863 g/mol. The average Bonchev–Trinajstić information content (AvgIpc) is 3.87. The lowest BCUT2D eigenvalue weighted by Gasteiger charge is -2.20. The van der Waals surface area contributed by atoms with Gasteiger partial charge in [0.1, 0.15) is 24.9 Å². The van der Waals surface area contributed by atoms with Crippen LogP contribution in [-0.2, 0) is 56.3 Å². The van der Waals surface area contributed by atoms with Gasteiger partial charge in [0.05, 0.1) is 25.9 Å². The molecule has 0 spiro atoms. The topological polar surface area (TPSA) is 310 Å². The molecule has 2 fully saturated rings. The number of alkyl halides is 2. The first-order valence-corrected chi connectivity index (χ1v) is 20.9. The number of carbonyl (C=O) groups is 4. The SMILES string of the molecule is CC(=O)Nc1ncnc2c1ncn2[C@@H]1O[C@H](COP(=O)(O)O)[C@H](F)C1OC(C)=O.CC(=O)Nc1ncnc2c1ncn2[C@@H]1O[C@H](COP(C)(C)=O)[C@H](F)C1OC(C)=O. The summed E-state index contributed by atoms with van der Waals surface area (Å²) in [5, 5.41) is 5.01. The standard InChI is InChI=1S/C16H21FN5O6P.C14H17FN5O8P/c1-8(23)21-14-12-15(19-6-18-14)22(7-20-12)16-13(27-9(2)24)11(17)10(28-16)5-26-29(3,4)25;1-6(21)19-12-10-13(17-4-16-12)20(5-18-10)14-11(27-7(2)22)9(15)8(28-14)3-26-29(23,24)25/h6-7,10-11,13,16H,5H2,1-4H3,(H,18,19,21,23);4-5,8-9,11,14H,3H2,1-2H3,(H2,23,24,25)(H,16,17,19,21)/t10-,11+,13?,16-;8-,9+,11?,14-/m11/s1. The van der Waals surface area contributed by atoms with Crippen molar-refractivity contribution in [2.75, 3.05) is 37.2 Å². The number of nitrogens with one attached hydrogen (secondary N) is 2. The molecule has 2 aliphatic rings. The Hall–Kier alpha value is -4.94. The highest BCUT2D eigenvalue weighted by atomic mass is 31.2. The van der Waals surface area contributed by atoms with Gasteiger partial charge in [0, 0.05) is 41.0 Å². The molecule has 58 heavy (non-hydrogen) atoms. The van der Waals surface area contributed by atoms with Crippen molar-refractivity contribution in [1.29, 1.82) is 0 Å². The van der Waals surface area contributed by atoms with Gasteiger partial charge in [-0.3, -0.25) is 37.4 Å². The molecule has 6 heterocycles. The van der Waals surface area contributed by atoms with Crippen molar-refractivity contribution >= 4 is 72.9 Å². The number of hydrogen-bond donors (Lipinski definition) is 4. The van der Waals surface area contributed by atoms with Gasteiger partial charge in [0.25, 0.3) is 0 Å². The first-order valence-electron chi connectivity index (χ1n) is 16.9. The molecule has 4 aromatic rings. The molecule has 0 aliphatic carbocycles. The molecular weight excluding hydrogens is 824 g/mol. The van der Waals surface area contributed by atoms with Crippen LogP contribution in [0.25, 0.3) is 22.3 Å². The molecule has 28 heteroatoms. The number of imidazole rings is 2. The van der Waals surface area contributed by atoms with Crippen LogP contribution in [0, 0.1) is 0 Å². The quantitative estimate of drug-likeness (QED) is 0.116. The van der Waals surface area contributed by atoms with Crippen LogP contribution in [0.15, 0.2) is 25.3 Å². The normalized spacial score (nSPS) is 24.6. The Morgan fingerprint density at radius 3 is 1.45 bits per heavy atom. The lowest BCUT2D eigenvalue weighted by Crippen LogP contribution is -2.33. The third-order valence-electron chi connectivity index (χ3n) is 7.94. The van der Waals surface area contributed by atoms with Gasteiger partial charge in [-0.1, -0.05) is 0 Å². The minimum Gasteiger partial charge on any atom is -0.454 e. The summed E-state index contributed by atoms with van der Waals surface area (Å²) < 4.78 is 86.1. The maximum Gasteiger partial charge on any atom is 0.469 e. The fraction of sp³-hybridized carbons (Fsp3) is 0.533. The van der Waals surface area contributed by atoms with Crippen molar-refractivity contribution in [2.24, 2.45) is 0 Å². The van der Waals surface area contributed by atoms with Crippen LogP contribution >= 0.6 is 15.2 Å². The zero-order valence-corrected chi connectivity index (χ0v) is 33.2. The smallest absolute Gasteiger partial charge is 0.454 e. The molecule has 0 bridgehead atoms. The Kier molecular flexibility index (Phi) is 13.6. The Balaban J connectivity index is 0.000000221. The van der Waals surface area contributed by atoms with E-state index < -0.39 is 88.9 Å². The number of phosphoric acid groups is 1. The fourth-order valence-electron chi connectivity index (χ4n) is 5.76. The highest BCUT2D eigenvalue weighted by Crippen LogP contribution is 2.42. The molecule has 0 saturated carbocycles. The van der Waals surface area contributed by atoms with Crippen molar-refractivity contribution in [3.8, 4) is 0 Å². The first kappa shape index (κ1) is 44.2. The number of esters is 2. The van der Waals surface area contributed by atoms with Crippen molar-refractivity contribution in [2.45, 2.75) is 76.9 Å². The largest absolute Gasteiger partial charge is 0.469 e. The highest BCUT2D eigenvalue weighted by Gasteiger charge is 2.51. The second kappa shape index (κ2) is 17.9. The molecule has 2 amide bonds. The molecule has 2 aliphatic heterocycles. The predicted octanol–water partition coefficient (Wildman–Crippen LogP) is 1.57. The van der Waals surface area contributed by atoms with Crippen molar-refractivity contribution in [3.05, 3.63) is 25.3 Å². The fourth-order valence-corrected chi connectivity index (χ4v) is 6.60. The molecule has 316 valence electrons. The number of aromatic nitrogens is 8. The van der Waals surface area contributed by atoms with E-state index in [4.69, 9.17) is 33.3 Å². The summed E-state index contributed by atoms with van der Waals surface area (Å²) in [6, 6.07) is 0. The van der Waals surface area contributed by atoms with Gasteiger partial charge in [-0.2, -0.15) is 0 Å². The van der Waals surface area contributed by atoms with Crippen molar-refractivity contribution < 1.29 is 74.9 Å². The van der Waals surface area contributed by atoms with Gasteiger partial charge in [-0.25, -0.2) is 43.2 Å². The van der Waals surface area contributed by atoms with E-state index in [9.17, 15) is 37.1 Å². The Bertz CT molecular complexity index is 2110. The second-order valence-corrected chi connectivity index (χ2v) is 17.0. The van der Waals surface area contributed by atoms with Gasteiger partial charge >= 0.3 is 19.8 Å². The van der Waals surface area contributed by atoms with Gasteiger partial charge in [0.15, 0.2) is 78.3 Å². The van der Waals surface area contributed by atoms with Crippen LogP contribution in [-0.4, -0.2) is 136 Å². The summed E-state index contributed by atoms with van der Waals surface area (Å²) in [6.45, 7) is 6.58. The third-order valence-corrected chi connectivity index (χ3v) is 9.20. The molecule has 24 nitrogen and oxygen atoms in total. The van der Waals surface area contributed by atoms with Crippen LogP contribution in [0.1, 0.15) is 40.2 Å². The molecule has 4 aromatic heterocycles. The van der Waals surface area contributed by atoms with Crippen LogP contribution in [0.4, 0.5) is 20.4 Å². The molecule has 4 N–H and O–H groups in total. The number of carbonyl (C=O) groups excluding carboxylic acids is 4. The van der Waals surface area contributed by atoms with Crippen LogP contribution in [0.3, 0.4) is 0 Å². The van der Waals surface area contributed by atoms with E-state index in [1.807, 2.05) is 0 Å². The Labute approximate surface area is 326 Å². The number of amides is 2. The van der Waals surface area contributed by atoms with Crippen LogP contribution in [0.5, 0.6) is 0 Å². The molecule has 6 rings (SSSR count). The molecule has 2 unspecified atom stereocenters. The summed E-state index contributed by atoms with van der Waals surface area (Å²) in [7, 11) is -7.73. The highest BCUT2D eigenvalue weighted by molar-refractivity contribution is 7.57.